The van der Waals surface area contributed by atoms with E-state index in [2.05, 4.69) is 0 Å². The van der Waals surface area contributed by atoms with Crippen molar-refractivity contribution in [3.05, 3.63) is 0 Å². The van der Waals surface area contributed by atoms with Crippen LogP contribution in [0.25, 0.3) is 0 Å². The molecule has 0 atom stereocenters. The van der Waals surface area contributed by atoms with E-state index in [-0.39, 0.29) is 0 Å². The van der Waals surface area contributed by atoms with E-state index in [1.165, 1.54) is 0 Å². The maximum absolute atomic E-state index is 10.5. The molecule has 4 heavy (non-hydrogen) atoms. The van der Waals surface area contributed by atoms with Crippen LogP contribution in [-0.4, -0.2) is 15.3 Å². The molecular formula is CH4F2Ge. The van der Waals surface area contributed by atoms with E-state index in [0.717, 1.165) is 5.76 Å². The summed E-state index contributed by atoms with van der Waals surface area (Å²) < 4.78 is 21.0. The van der Waals surface area contributed by atoms with Gasteiger partial charge in [0.15, 0.2) is 0 Å². The van der Waals surface area contributed by atoms with Gasteiger partial charge < -0.3 is 0 Å². The van der Waals surface area contributed by atoms with Crippen LogP contribution in [0.2, 0.25) is 5.76 Å². The fraction of sp³-hybridized carbons (Fsp3) is 1.00. The van der Waals surface area contributed by atoms with Gasteiger partial charge in [-0.05, 0) is 0 Å². The Hall–Kier alpha value is 0.403. The summed E-state index contributed by atoms with van der Waals surface area (Å²) in [5.41, 5.74) is 0. The molecule has 0 fully saturated rings. The van der Waals surface area contributed by atoms with E-state index in [0.29, 0.717) is 0 Å². The average molecular weight is 127 g/mol. The standard InChI is InChI=1S/CH4F2Ge/c1-4(2)3/h4H,1H3. The molecule has 0 aliphatic heterocycles. The molecule has 0 aliphatic rings. The van der Waals surface area contributed by atoms with Crippen molar-refractivity contribution >= 4 is 15.3 Å². The summed E-state index contributed by atoms with van der Waals surface area (Å²) in [5, 5.41) is 0. The maximum atomic E-state index is 10.5. The van der Waals surface area contributed by atoms with Crippen molar-refractivity contribution < 1.29 is 7.00 Å². The summed E-state index contributed by atoms with van der Waals surface area (Å²) in [5.74, 6) is 1.02. The quantitative estimate of drug-likeness (QED) is 0.421. The van der Waals surface area contributed by atoms with Crippen molar-refractivity contribution in [3.8, 4) is 0 Å². The Balaban J connectivity index is 2.32. The van der Waals surface area contributed by atoms with Crippen LogP contribution in [0, 0.1) is 0 Å². The zero-order valence-electron chi connectivity index (χ0n) is 2.33. The van der Waals surface area contributed by atoms with E-state index >= 15 is 0 Å². The summed E-state index contributed by atoms with van der Waals surface area (Å²) in [7, 11) is 0. The molecule has 0 nitrogen and oxygen atoms in total. The van der Waals surface area contributed by atoms with Gasteiger partial charge in [0, 0.05) is 0 Å². The molecule has 26 valence electrons. The summed E-state index contributed by atoms with van der Waals surface area (Å²) >= 11 is -3.48. The Morgan fingerprint density at radius 2 is 1.50 bits per heavy atom. The van der Waals surface area contributed by atoms with Crippen molar-refractivity contribution in [3.63, 3.8) is 0 Å². The predicted molar refractivity (Wildman–Crippen MR) is 15.2 cm³/mol. The van der Waals surface area contributed by atoms with Crippen LogP contribution in [0.5, 0.6) is 0 Å². The van der Waals surface area contributed by atoms with Crippen LogP contribution < -0.4 is 0 Å². The van der Waals surface area contributed by atoms with Gasteiger partial charge in [-0.1, -0.05) is 0 Å². The summed E-state index contributed by atoms with van der Waals surface area (Å²) in [6, 6.07) is 0. The van der Waals surface area contributed by atoms with Gasteiger partial charge >= 0.3 is 28.0 Å². The second kappa shape index (κ2) is 1.70. The van der Waals surface area contributed by atoms with E-state index in [4.69, 9.17) is 0 Å². The molecule has 0 unspecified atom stereocenters. The molecule has 0 rings (SSSR count). The number of rotatable bonds is 0. The second-order valence-electron chi connectivity index (χ2n) is 0.519. The van der Waals surface area contributed by atoms with Gasteiger partial charge in [-0.15, -0.1) is 0 Å². The fourth-order valence-corrected chi connectivity index (χ4v) is 0. The third kappa shape index (κ3) is 29.1. The normalized spacial score (nSPS) is 9.00. The fourth-order valence-electron chi connectivity index (χ4n) is 0. The average Bonchev–Trinajstić information content (AvgIpc) is 0.811. The van der Waals surface area contributed by atoms with Gasteiger partial charge in [0.2, 0.25) is 0 Å². The van der Waals surface area contributed by atoms with Crippen molar-refractivity contribution in [2.75, 3.05) is 0 Å². The minimum atomic E-state index is -3.48. The van der Waals surface area contributed by atoms with Crippen molar-refractivity contribution in [2.24, 2.45) is 0 Å². The van der Waals surface area contributed by atoms with Crippen LogP contribution in [0.4, 0.5) is 7.00 Å². The van der Waals surface area contributed by atoms with Crippen LogP contribution >= 0.6 is 0 Å². The summed E-state index contributed by atoms with van der Waals surface area (Å²) in [4.78, 5) is 0. The molecule has 0 saturated carbocycles. The van der Waals surface area contributed by atoms with Gasteiger partial charge in [-0.25, -0.2) is 0 Å². The van der Waals surface area contributed by atoms with Crippen molar-refractivity contribution in [1.29, 1.82) is 0 Å². The first kappa shape index (κ1) is 4.40. The SMILES string of the molecule is [CH3][GeH]([F])[F]. The molecular weight excluding hydrogens is 123 g/mol. The molecule has 0 amide bonds. The van der Waals surface area contributed by atoms with Gasteiger partial charge in [0.05, 0.1) is 0 Å². The molecule has 0 N–H and O–H groups in total. The summed E-state index contributed by atoms with van der Waals surface area (Å²) in [6.45, 7) is 0. The Bertz CT molecular complexity index is 10.8. The van der Waals surface area contributed by atoms with Gasteiger partial charge in [-0.2, -0.15) is 0 Å². The Morgan fingerprint density at radius 3 is 1.50 bits per heavy atom. The number of hydrogen-bond donors (Lipinski definition) is 0. The molecule has 3 heteroatoms. The van der Waals surface area contributed by atoms with Crippen LogP contribution in [0.3, 0.4) is 0 Å². The van der Waals surface area contributed by atoms with Gasteiger partial charge in [0.1, 0.15) is 0 Å². The molecule has 0 bridgehead atoms. The van der Waals surface area contributed by atoms with E-state index in [9.17, 15) is 7.00 Å². The Kier molecular flexibility index (Phi) is 1.87. The van der Waals surface area contributed by atoms with E-state index < -0.39 is 15.3 Å². The molecule has 0 spiro atoms. The third-order valence-electron chi connectivity index (χ3n) is 0. The third-order valence-corrected chi connectivity index (χ3v) is 0. The van der Waals surface area contributed by atoms with Crippen molar-refractivity contribution in [1.82, 2.24) is 0 Å². The van der Waals surface area contributed by atoms with Crippen LogP contribution in [0.15, 0.2) is 0 Å². The first-order valence-electron chi connectivity index (χ1n) is 1.01. The van der Waals surface area contributed by atoms with E-state index in [1.807, 2.05) is 0 Å². The van der Waals surface area contributed by atoms with Crippen molar-refractivity contribution in [2.45, 2.75) is 5.76 Å². The molecule has 0 saturated heterocycles. The predicted octanol–water partition coefficient (Wildman–Crippen LogP) is 0.776. The zero-order valence-corrected chi connectivity index (χ0v) is 4.76. The molecule has 0 aromatic heterocycles. The first-order chi connectivity index (χ1) is 1.73. The molecule has 0 heterocycles. The van der Waals surface area contributed by atoms with Crippen LogP contribution in [-0.2, 0) is 0 Å². The first-order valence-corrected chi connectivity index (χ1v) is 5.27. The van der Waals surface area contributed by atoms with Gasteiger partial charge in [0.25, 0.3) is 0 Å². The second-order valence-corrected chi connectivity index (χ2v) is 2.70. The molecule has 0 aliphatic carbocycles. The Morgan fingerprint density at radius 1 is 1.50 bits per heavy atom. The topological polar surface area (TPSA) is 0 Å². The zero-order chi connectivity index (χ0) is 3.58. The molecule has 0 aromatic rings. The molecule has 0 radical (unpaired) electrons. The Labute approximate surface area is 28.9 Å². The minimum absolute atomic E-state index is 1.02. The number of halogens is 2. The van der Waals surface area contributed by atoms with E-state index in [1.54, 1.807) is 0 Å². The molecule has 0 aromatic carbocycles. The van der Waals surface area contributed by atoms with Gasteiger partial charge in [-0.3, -0.25) is 0 Å². The monoisotopic (exact) mass is 128 g/mol. The van der Waals surface area contributed by atoms with Crippen LogP contribution in [0.1, 0.15) is 0 Å². The number of hydrogen-bond acceptors (Lipinski definition) is 0. The summed E-state index contributed by atoms with van der Waals surface area (Å²) in [6.07, 6.45) is 0.